The maximum absolute atomic E-state index is 13.4. The van der Waals surface area contributed by atoms with E-state index in [0.29, 0.717) is 44.3 Å². The third-order valence-corrected chi connectivity index (χ3v) is 6.46. The molecule has 0 saturated carbocycles. The summed E-state index contributed by atoms with van der Waals surface area (Å²) in [6.07, 6.45) is -0.647. The monoisotopic (exact) mass is 464 g/mol. The van der Waals surface area contributed by atoms with E-state index in [1.54, 1.807) is 25.0 Å². The standard InChI is InChI=1S/C25H28N4O5/c1-2-27-18-7-3-4-8-19(18)28(25(27)32)12-11-23(30)29-17-22(24(31)26-13-15-33-16-14-26)34-21-10-6-5-9-20(21)29/h3-10,22H,2,11-17H2,1H3/t22-/m0/s1. The fourth-order valence-corrected chi connectivity index (χ4v) is 4.72. The minimum atomic E-state index is -0.776. The first-order valence-electron chi connectivity index (χ1n) is 11.7. The number of ether oxygens (including phenoxy) is 2. The summed E-state index contributed by atoms with van der Waals surface area (Å²) in [4.78, 5) is 42.8. The summed E-state index contributed by atoms with van der Waals surface area (Å²) in [5.41, 5.74) is 2.18. The summed E-state index contributed by atoms with van der Waals surface area (Å²) in [5, 5.41) is 0. The number of aromatic nitrogens is 2. The van der Waals surface area contributed by atoms with Crippen molar-refractivity contribution in [2.75, 3.05) is 37.7 Å². The van der Waals surface area contributed by atoms with E-state index in [1.807, 2.05) is 49.4 Å². The molecule has 0 radical (unpaired) electrons. The minimum Gasteiger partial charge on any atom is -0.476 e. The molecule has 34 heavy (non-hydrogen) atoms. The zero-order chi connectivity index (χ0) is 23.7. The normalized spacial score (nSPS) is 18.0. The van der Waals surface area contributed by atoms with Crippen molar-refractivity contribution in [1.82, 2.24) is 14.0 Å². The minimum absolute atomic E-state index is 0.126. The van der Waals surface area contributed by atoms with Gasteiger partial charge >= 0.3 is 5.69 Å². The Labute approximate surface area is 197 Å². The first-order valence-corrected chi connectivity index (χ1v) is 11.7. The smallest absolute Gasteiger partial charge is 0.329 e. The molecular weight excluding hydrogens is 436 g/mol. The van der Waals surface area contributed by atoms with Gasteiger partial charge in [-0.3, -0.25) is 18.7 Å². The molecule has 0 unspecified atom stereocenters. The number of benzene rings is 2. The molecule has 1 atom stereocenters. The molecule has 2 aliphatic heterocycles. The molecule has 5 rings (SSSR count). The van der Waals surface area contributed by atoms with E-state index in [2.05, 4.69) is 0 Å². The van der Waals surface area contributed by atoms with E-state index in [1.165, 1.54) is 0 Å². The highest BCUT2D eigenvalue weighted by atomic mass is 16.5. The quantitative estimate of drug-likeness (QED) is 0.576. The van der Waals surface area contributed by atoms with Gasteiger partial charge in [-0.15, -0.1) is 0 Å². The van der Waals surface area contributed by atoms with Gasteiger partial charge in [0.25, 0.3) is 5.91 Å². The fraction of sp³-hybridized carbons (Fsp3) is 0.400. The van der Waals surface area contributed by atoms with Gasteiger partial charge in [0.15, 0.2) is 6.10 Å². The van der Waals surface area contributed by atoms with Crippen LogP contribution in [-0.2, 0) is 27.4 Å². The van der Waals surface area contributed by atoms with E-state index >= 15 is 0 Å². The average Bonchev–Trinajstić information content (AvgIpc) is 3.16. The van der Waals surface area contributed by atoms with Crippen LogP contribution in [0.5, 0.6) is 5.75 Å². The van der Waals surface area contributed by atoms with Gasteiger partial charge in [0.05, 0.1) is 36.5 Å². The van der Waals surface area contributed by atoms with Crippen LogP contribution < -0.4 is 15.3 Å². The summed E-state index contributed by atoms with van der Waals surface area (Å²) in [6.45, 7) is 4.90. The lowest BCUT2D eigenvalue weighted by Gasteiger charge is -2.37. The van der Waals surface area contributed by atoms with Crippen molar-refractivity contribution in [1.29, 1.82) is 0 Å². The number of para-hydroxylation sites is 4. The molecule has 1 aromatic heterocycles. The van der Waals surface area contributed by atoms with Crippen molar-refractivity contribution in [3.8, 4) is 5.75 Å². The SMILES string of the molecule is CCn1c(=O)n(CCC(=O)N2C[C@@H](C(=O)N3CCOCC3)Oc3ccccc32)c2ccccc21. The Hall–Kier alpha value is -3.59. The lowest BCUT2D eigenvalue weighted by Crippen LogP contribution is -2.54. The lowest BCUT2D eigenvalue weighted by atomic mass is 10.1. The molecule has 0 bridgehead atoms. The molecule has 1 saturated heterocycles. The number of fused-ring (bicyclic) bond motifs is 2. The molecule has 2 aromatic carbocycles. The van der Waals surface area contributed by atoms with E-state index in [4.69, 9.17) is 9.47 Å². The summed E-state index contributed by atoms with van der Waals surface area (Å²) in [5.74, 6) is 0.210. The number of morpholine rings is 1. The number of carbonyl (C=O) groups excluding carboxylic acids is 2. The molecule has 9 nitrogen and oxygen atoms in total. The van der Waals surface area contributed by atoms with Crippen molar-refractivity contribution in [2.45, 2.75) is 32.5 Å². The van der Waals surface area contributed by atoms with Crippen molar-refractivity contribution < 1.29 is 19.1 Å². The molecule has 3 heterocycles. The van der Waals surface area contributed by atoms with Gasteiger partial charge in [-0.25, -0.2) is 4.79 Å². The first kappa shape index (κ1) is 22.2. The van der Waals surface area contributed by atoms with Gasteiger partial charge in [-0.1, -0.05) is 24.3 Å². The summed E-state index contributed by atoms with van der Waals surface area (Å²) >= 11 is 0. The highest BCUT2D eigenvalue weighted by Crippen LogP contribution is 2.34. The highest BCUT2D eigenvalue weighted by molar-refractivity contribution is 5.97. The van der Waals surface area contributed by atoms with Crippen LogP contribution in [0.25, 0.3) is 11.0 Å². The van der Waals surface area contributed by atoms with E-state index in [0.717, 1.165) is 11.0 Å². The Morgan fingerprint density at radius 2 is 1.65 bits per heavy atom. The van der Waals surface area contributed by atoms with Crippen molar-refractivity contribution >= 4 is 28.5 Å². The predicted octanol–water partition coefficient (Wildman–Crippen LogP) is 1.87. The Bertz CT molecular complexity index is 1270. The van der Waals surface area contributed by atoms with Crippen LogP contribution in [0, 0.1) is 0 Å². The van der Waals surface area contributed by atoms with Gasteiger partial charge in [0, 0.05) is 32.6 Å². The molecule has 0 spiro atoms. The second-order valence-electron chi connectivity index (χ2n) is 8.43. The summed E-state index contributed by atoms with van der Waals surface area (Å²) < 4.78 is 14.7. The second kappa shape index (κ2) is 9.34. The number of amides is 2. The van der Waals surface area contributed by atoms with Gasteiger partial charge in [-0.05, 0) is 31.2 Å². The van der Waals surface area contributed by atoms with Crippen LogP contribution in [0.2, 0.25) is 0 Å². The van der Waals surface area contributed by atoms with Gasteiger partial charge < -0.3 is 19.3 Å². The Balaban J connectivity index is 1.38. The lowest BCUT2D eigenvalue weighted by molar-refractivity contribution is -0.142. The van der Waals surface area contributed by atoms with Gasteiger partial charge in [0.1, 0.15) is 5.75 Å². The average molecular weight is 465 g/mol. The molecule has 0 aliphatic carbocycles. The topological polar surface area (TPSA) is 86.0 Å². The zero-order valence-electron chi connectivity index (χ0n) is 19.2. The second-order valence-corrected chi connectivity index (χ2v) is 8.43. The van der Waals surface area contributed by atoms with Crippen LogP contribution in [-0.4, -0.2) is 64.8 Å². The van der Waals surface area contributed by atoms with Gasteiger partial charge in [-0.2, -0.15) is 0 Å². The largest absolute Gasteiger partial charge is 0.476 e. The Morgan fingerprint density at radius 1 is 0.971 bits per heavy atom. The molecule has 9 heteroatoms. The molecule has 0 N–H and O–H groups in total. The van der Waals surface area contributed by atoms with Crippen LogP contribution in [0.4, 0.5) is 5.69 Å². The van der Waals surface area contributed by atoms with Crippen LogP contribution in [0.3, 0.4) is 0 Å². The van der Waals surface area contributed by atoms with Crippen LogP contribution >= 0.6 is 0 Å². The number of rotatable bonds is 5. The number of nitrogens with zero attached hydrogens (tertiary/aromatic N) is 4. The maximum Gasteiger partial charge on any atom is 0.329 e. The molecule has 2 aliphatic rings. The van der Waals surface area contributed by atoms with Crippen molar-refractivity contribution in [3.63, 3.8) is 0 Å². The summed E-state index contributed by atoms with van der Waals surface area (Å²) in [6, 6.07) is 14.9. The van der Waals surface area contributed by atoms with Gasteiger partial charge in [0.2, 0.25) is 5.91 Å². The fourth-order valence-electron chi connectivity index (χ4n) is 4.72. The zero-order valence-corrected chi connectivity index (χ0v) is 19.2. The molecule has 1 fully saturated rings. The number of hydrogen-bond donors (Lipinski definition) is 0. The predicted molar refractivity (Wildman–Crippen MR) is 127 cm³/mol. The third-order valence-electron chi connectivity index (χ3n) is 6.46. The van der Waals surface area contributed by atoms with Crippen molar-refractivity contribution in [3.05, 3.63) is 59.0 Å². The number of aryl methyl sites for hydroxylation is 2. The number of anilines is 1. The Morgan fingerprint density at radius 3 is 2.38 bits per heavy atom. The van der Waals surface area contributed by atoms with Crippen LogP contribution in [0.15, 0.2) is 53.3 Å². The Kier molecular flexibility index (Phi) is 6.10. The number of carbonyl (C=O) groups is 2. The number of imidazole rings is 1. The van der Waals surface area contributed by atoms with E-state index in [-0.39, 0.29) is 37.0 Å². The molecule has 3 aromatic rings. The summed E-state index contributed by atoms with van der Waals surface area (Å²) in [7, 11) is 0. The molecular formula is C25H28N4O5. The maximum atomic E-state index is 13.4. The molecule has 178 valence electrons. The van der Waals surface area contributed by atoms with Crippen LogP contribution in [0.1, 0.15) is 13.3 Å². The number of hydrogen-bond acceptors (Lipinski definition) is 5. The highest BCUT2D eigenvalue weighted by Gasteiger charge is 2.36. The van der Waals surface area contributed by atoms with E-state index in [9.17, 15) is 14.4 Å². The van der Waals surface area contributed by atoms with E-state index < -0.39 is 6.10 Å². The van der Waals surface area contributed by atoms with Crippen molar-refractivity contribution in [2.24, 2.45) is 0 Å². The molecule has 2 amide bonds. The first-order chi connectivity index (χ1) is 16.6. The third kappa shape index (κ3) is 3.96.